The average molecular weight is 492 g/mol. The molecule has 182 valence electrons. The number of carbonyl (C=O) groups excluding carboxylic acids is 3. The SMILES string of the molecule is NC(=O)[C@H](Cc1ccccc1)NC(=O)[C@H](CSCc1ccccc1)NC(=O)OCc1ccccc1. The van der Waals surface area contributed by atoms with Crippen LogP contribution in [0.1, 0.15) is 16.7 Å². The van der Waals surface area contributed by atoms with Crippen molar-refractivity contribution in [1.29, 1.82) is 0 Å². The lowest BCUT2D eigenvalue weighted by Crippen LogP contribution is -2.54. The zero-order valence-corrected chi connectivity index (χ0v) is 20.1. The van der Waals surface area contributed by atoms with Crippen LogP contribution in [-0.2, 0) is 33.1 Å². The Balaban J connectivity index is 1.62. The highest BCUT2D eigenvalue weighted by Crippen LogP contribution is 2.14. The Morgan fingerprint density at radius 3 is 1.86 bits per heavy atom. The lowest BCUT2D eigenvalue weighted by molar-refractivity contribution is -0.128. The predicted octanol–water partition coefficient (Wildman–Crippen LogP) is 3.43. The van der Waals surface area contributed by atoms with Gasteiger partial charge in [-0.15, -0.1) is 0 Å². The first-order valence-electron chi connectivity index (χ1n) is 11.2. The number of nitrogens with two attached hydrogens (primary N) is 1. The number of hydrogen-bond donors (Lipinski definition) is 3. The molecule has 0 unspecified atom stereocenters. The molecule has 35 heavy (non-hydrogen) atoms. The molecule has 4 N–H and O–H groups in total. The largest absolute Gasteiger partial charge is 0.445 e. The van der Waals surface area contributed by atoms with Crippen molar-refractivity contribution < 1.29 is 19.1 Å². The standard InChI is InChI=1S/C27H29N3O4S/c28-25(31)23(16-20-10-4-1-5-11-20)29-26(32)24(19-35-18-22-14-8-3-9-15-22)30-27(33)34-17-21-12-6-2-7-13-21/h1-15,23-24H,16-19H2,(H2,28,31)(H,29,32)(H,30,33)/t23-,24-/m0/s1. The Labute approximate surface area is 209 Å². The summed E-state index contributed by atoms with van der Waals surface area (Å²) in [7, 11) is 0. The second-order valence-corrected chi connectivity index (χ2v) is 8.94. The van der Waals surface area contributed by atoms with Crippen LogP contribution in [0.15, 0.2) is 91.0 Å². The van der Waals surface area contributed by atoms with E-state index in [9.17, 15) is 14.4 Å². The van der Waals surface area contributed by atoms with Crippen molar-refractivity contribution in [3.05, 3.63) is 108 Å². The number of ether oxygens (including phenoxy) is 1. The second kappa shape index (κ2) is 13.8. The molecule has 0 aliphatic heterocycles. The molecule has 0 saturated heterocycles. The Kier molecular flexibility index (Phi) is 10.2. The maximum absolute atomic E-state index is 13.1. The molecule has 3 aromatic carbocycles. The van der Waals surface area contributed by atoms with Crippen LogP contribution < -0.4 is 16.4 Å². The molecule has 0 heterocycles. The molecule has 0 aromatic heterocycles. The molecule has 0 spiro atoms. The van der Waals surface area contributed by atoms with E-state index in [-0.39, 0.29) is 18.8 Å². The third-order valence-electron chi connectivity index (χ3n) is 5.16. The maximum atomic E-state index is 13.1. The second-order valence-electron chi connectivity index (χ2n) is 7.91. The van der Waals surface area contributed by atoms with Gasteiger partial charge in [0.25, 0.3) is 0 Å². The Bertz CT molecular complexity index is 1080. The molecular formula is C27H29N3O4S. The quantitative estimate of drug-likeness (QED) is 0.360. The third kappa shape index (κ3) is 9.17. The summed E-state index contributed by atoms with van der Waals surface area (Å²) < 4.78 is 5.29. The first kappa shape index (κ1) is 25.8. The fraction of sp³-hybridized carbons (Fsp3) is 0.222. The summed E-state index contributed by atoms with van der Waals surface area (Å²) in [4.78, 5) is 37.6. The van der Waals surface area contributed by atoms with Crippen LogP contribution in [0.25, 0.3) is 0 Å². The van der Waals surface area contributed by atoms with Gasteiger partial charge >= 0.3 is 6.09 Å². The summed E-state index contributed by atoms with van der Waals surface area (Å²) in [5.41, 5.74) is 8.35. The molecule has 0 bridgehead atoms. The topological polar surface area (TPSA) is 111 Å². The van der Waals surface area contributed by atoms with Crippen molar-refractivity contribution in [2.45, 2.75) is 30.9 Å². The highest BCUT2D eigenvalue weighted by Gasteiger charge is 2.26. The van der Waals surface area contributed by atoms with Gasteiger partial charge in [0.2, 0.25) is 11.8 Å². The highest BCUT2D eigenvalue weighted by molar-refractivity contribution is 7.98. The van der Waals surface area contributed by atoms with Gasteiger partial charge in [-0.05, 0) is 16.7 Å². The van der Waals surface area contributed by atoms with Crippen molar-refractivity contribution in [3.8, 4) is 0 Å². The molecule has 3 aromatic rings. The zero-order valence-electron chi connectivity index (χ0n) is 19.3. The van der Waals surface area contributed by atoms with E-state index < -0.39 is 30.0 Å². The summed E-state index contributed by atoms with van der Waals surface area (Å²) in [6.07, 6.45) is -0.461. The molecule has 3 rings (SSSR count). The van der Waals surface area contributed by atoms with Crippen LogP contribution in [0.5, 0.6) is 0 Å². The van der Waals surface area contributed by atoms with Crippen molar-refractivity contribution in [2.75, 3.05) is 5.75 Å². The van der Waals surface area contributed by atoms with Gasteiger partial charge in [-0.2, -0.15) is 11.8 Å². The molecule has 7 nitrogen and oxygen atoms in total. The molecule has 0 radical (unpaired) electrons. The summed E-state index contributed by atoms with van der Waals surface area (Å²) in [5.74, 6) is -0.196. The Hall–Kier alpha value is -3.78. The van der Waals surface area contributed by atoms with Crippen LogP contribution in [-0.4, -0.2) is 35.7 Å². The van der Waals surface area contributed by atoms with Crippen LogP contribution in [0.2, 0.25) is 0 Å². The Morgan fingerprint density at radius 2 is 1.29 bits per heavy atom. The summed E-state index contributed by atoms with van der Waals surface area (Å²) >= 11 is 1.49. The van der Waals surface area contributed by atoms with Crippen LogP contribution >= 0.6 is 11.8 Å². The molecule has 0 saturated carbocycles. The highest BCUT2D eigenvalue weighted by atomic mass is 32.2. The number of primary amides is 1. The minimum absolute atomic E-state index is 0.0795. The number of alkyl carbamates (subject to hydrolysis) is 1. The average Bonchev–Trinajstić information content (AvgIpc) is 2.88. The molecule has 2 atom stereocenters. The molecule has 0 aliphatic carbocycles. The van der Waals surface area contributed by atoms with E-state index in [1.807, 2.05) is 91.0 Å². The number of rotatable bonds is 12. The van der Waals surface area contributed by atoms with Crippen LogP contribution in [0, 0.1) is 0 Å². The number of nitrogens with one attached hydrogen (secondary N) is 2. The van der Waals surface area contributed by atoms with E-state index in [4.69, 9.17) is 10.5 Å². The van der Waals surface area contributed by atoms with E-state index in [1.165, 1.54) is 11.8 Å². The van der Waals surface area contributed by atoms with E-state index in [1.54, 1.807) is 0 Å². The zero-order chi connectivity index (χ0) is 24.9. The maximum Gasteiger partial charge on any atom is 0.408 e. The smallest absolute Gasteiger partial charge is 0.408 e. The molecular weight excluding hydrogens is 462 g/mol. The van der Waals surface area contributed by atoms with Crippen molar-refractivity contribution >= 4 is 29.7 Å². The fourth-order valence-electron chi connectivity index (χ4n) is 3.30. The summed E-state index contributed by atoms with van der Waals surface area (Å²) in [5, 5.41) is 5.33. The first-order valence-corrected chi connectivity index (χ1v) is 12.4. The minimum atomic E-state index is -0.912. The first-order chi connectivity index (χ1) is 17.0. The van der Waals surface area contributed by atoms with Gasteiger partial charge in [0.15, 0.2) is 0 Å². The number of amides is 3. The van der Waals surface area contributed by atoms with Gasteiger partial charge in [-0.3, -0.25) is 9.59 Å². The molecule has 8 heteroatoms. The molecule has 0 fully saturated rings. The van der Waals surface area contributed by atoms with Gasteiger partial charge < -0.3 is 21.1 Å². The third-order valence-corrected chi connectivity index (χ3v) is 6.27. The number of hydrogen-bond acceptors (Lipinski definition) is 5. The van der Waals surface area contributed by atoms with E-state index >= 15 is 0 Å². The normalized spacial score (nSPS) is 12.2. The van der Waals surface area contributed by atoms with Gasteiger partial charge in [0.05, 0.1) is 0 Å². The van der Waals surface area contributed by atoms with Crippen LogP contribution in [0.3, 0.4) is 0 Å². The number of carbonyl (C=O) groups is 3. The van der Waals surface area contributed by atoms with Crippen molar-refractivity contribution in [1.82, 2.24) is 10.6 Å². The van der Waals surface area contributed by atoms with E-state index in [0.717, 1.165) is 16.7 Å². The Morgan fingerprint density at radius 1 is 0.743 bits per heavy atom. The van der Waals surface area contributed by atoms with Gasteiger partial charge in [-0.1, -0.05) is 91.0 Å². The lowest BCUT2D eigenvalue weighted by atomic mass is 10.1. The predicted molar refractivity (Wildman–Crippen MR) is 137 cm³/mol. The van der Waals surface area contributed by atoms with E-state index in [2.05, 4.69) is 10.6 Å². The molecule has 0 aliphatic rings. The van der Waals surface area contributed by atoms with E-state index in [0.29, 0.717) is 5.75 Å². The number of benzene rings is 3. The van der Waals surface area contributed by atoms with Gasteiger partial charge in [0, 0.05) is 17.9 Å². The number of thioether (sulfide) groups is 1. The van der Waals surface area contributed by atoms with Gasteiger partial charge in [0.1, 0.15) is 18.7 Å². The summed E-state index contributed by atoms with van der Waals surface area (Å²) in [6.45, 7) is 0.0795. The monoisotopic (exact) mass is 491 g/mol. The van der Waals surface area contributed by atoms with Gasteiger partial charge in [-0.25, -0.2) is 4.79 Å². The lowest BCUT2D eigenvalue weighted by Gasteiger charge is -2.22. The minimum Gasteiger partial charge on any atom is -0.445 e. The van der Waals surface area contributed by atoms with Crippen molar-refractivity contribution in [3.63, 3.8) is 0 Å². The van der Waals surface area contributed by atoms with Crippen molar-refractivity contribution in [2.24, 2.45) is 5.73 Å². The fourth-order valence-corrected chi connectivity index (χ4v) is 4.32. The van der Waals surface area contributed by atoms with Crippen LogP contribution in [0.4, 0.5) is 4.79 Å². The molecule has 3 amide bonds. The summed E-state index contributed by atoms with van der Waals surface area (Å²) in [6, 6.07) is 26.5.